The molecule has 1 saturated heterocycles. The Morgan fingerprint density at radius 1 is 1.26 bits per heavy atom. The van der Waals surface area contributed by atoms with Gasteiger partial charge in [-0.15, -0.1) is 11.8 Å². The van der Waals surface area contributed by atoms with E-state index in [0.717, 1.165) is 54.9 Å². The summed E-state index contributed by atoms with van der Waals surface area (Å²) < 4.78 is 27.8. The molecule has 0 radical (unpaired) electrons. The van der Waals surface area contributed by atoms with Gasteiger partial charge >= 0.3 is 0 Å². The number of benzene rings is 2. The second kappa shape index (κ2) is 9.33. The molecule has 2 unspecified atom stereocenters. The molecule has 1 aliphatic rings. The van der Waals surface area contributed by atoms with Gasteiger partial charge in [-0.05, 0) is 56.1 Å². The van der Waals surface area contributed by atoms with Crippen LogP contribution in [-0.2, 0) is 4.79 Å². The molecule has 0 aliphatic carbocycles. The van der Waals surface area contributed by atoms with Crippen LogP contribution in [0, 0.1) is 17.6 Å². The molecule has 1 fully saturated rings. The molecule has 0 saturated carbocycles. The summed E-state index contributed by atoms with van der Waals surface area (Å²) in [4.78, 5) is 15.3. The van der Waals surface area contributed by atoms with Gasteiger partial charge in [-0.2, -0.15) is 0 Å². The van der Waals surface area contributed by atoms with Crippen LogP contribution in [0.4, 0.5) is 8.78 Å². The summed E-state index contributed by atoms with van der Waals surface area (Å²) in [6.07, 6.45) is 2.05. The molecule has 2 aromatic rings. The molecule has 27 heavy (non-hydrogen) atoms. The van der Waals surface area contributed by atoms with E-state index in [9.17, 15) is 13.6 Å². The van der Waals surface area contributed by atoms with Crippen LogP contribution in [-0.4, -0.2) is 37.5 Å². The van der Waals surface area contributed by atoms with E-state index in [2.05, 4.69) is 5.32 Å². The molecule has 0 bridgehead atoms. The minimum absolute atomic E-state index is 0.0457. The Morgan fingerprint density at radius 3 is 2.78 bits per heavy atom. The van der Waals surface area contributed by atoms with Crippen molar-refractivity contribution in [3.05, 3.63) is 65.7 Å². The molecule has 1 amide bonds. The third kappa shape index (κ3) is 5.08. The number of halogens is 2. The summed E-state index contributed by atoms with van der Waals surface area (Å²) >= 11 is 1.08. The Morgan fingerprint density at radius 2 is 2.04 bits per heavy atom. The SMILES string of the molecule is CNCC1CCCN(C(=O)C(Sc2cc(F)ccc2F)c2ccccc2)C1. The van der Waals surface area contributed by atoms with Crippen molar-refractivity contribution in [2.45, 2.75) is 23.0 Å². The number of hydrogen-bond donors (Lipinski definition) is 1. The number of nitrogens with one attached hydrogen (secondary N) is 1. The quantitative estimate of drug-likeness (QED) is 0.748. The van der Waals surface area contributed by atoms with Crippen molar-refractivity contribution < 1.29 is 13.6 Å². The average molecular weight is 390 g/mol. The van der Waals surface area contributed by atoms with Crippen molar-refractivity contribution in [2.24, 2.45) is 5.92 Å². The zero-order valence-corrected chi connectivity index (χ0v) is 16.1. The topological polar surface area (TPSA) is 32.3 Å². The van der Waals surface area contributed by atoms with Crippen LogP contribution in [0.25, 0.3) is 0 Å². The van der Waals surface area contributed by atoms with Gasteiger partial charge in [-0.3, -0.25) is 4.79 Å². The summed E-state index contributed by atoms with van der Waals surface area (Å²) in [7, 11) is 1.91. The molecule has 1 N–H and O–H groups in total. The number of nitrogens with zero attached hydrogens (tertiary/aromatic N) is 1. The lowest BCUT2D eigenvalue weighted by molar-refractivity contribution is -0.132. The average Bonchev–Trinajstić information content (AvgIpc) is 2.69. The lowest BCUT2D eigenvalue weighted by Crippen LogP contribution is -2.44. The van der Waals surface area contributed by atoms with Gasteiger partial charge in [0.25, 0.3) is 0 Å². The summed E-state index contributed by atoms with van der Waals surface area (Å²) in [6, 6.07) is 12.7. The molecule has 6 heteroatoms. The van der Waals surface area contributed by atoms with Crippen LogP contribution >= 0.6 is 11.8 Å². The van der Waals surface area contributed by atoms with E-state index < -0.39 is 16.9 Å². The third-order valence-electron chi connectivity index (χ3n) is 4.79. The highest BCUT2D eigenvalue weighted by atomic mass is 32.2. The summed E-state index contributed by atoms with van der Waals surface area (Å²) in [5, 5.41) is 2.58. The molecule has 144 valence electrons. The Hall–Kier alpha value is -1.92. The number of rotatable bonds is 6. The van der Waals surface area contributed by atoms with Crippen molar-refractivity contribution in [3.8, 4) is 0 Å². The van der Waals surface area contributed by atoms with E-state index in [1.165, 1.54) is 0 Å². The first-order chi connectivity index (χ1) is 13.1. The van der Waals surface area contributed by atoms with Gasteiger partial charge in [-0.1, -0.05) is 30.3 Å². The minimum Gasteiger partial charge on any atom is -0.341 e. The molecule has 1 heterocycles. The maximum absolute atomic E-state index is 14.2. The highest BCUT2D eigenvalue weighted by Gasteiger charge is 2.31. The highest BCUT2D eigenvalue weighted by Crippen LogP contribution is 2.39. The molecule has 3 nitrogen and oxygen atoms in total. The highest BCUT2D eigenvalue weighted by molar-refractivity contribution is 8.00. The molecule has 0 spiro atoms. The molecule has 2 atom stereocenters. The van der Waals surface area contributed by atoms with E-state index in [1.807, 2.05) is 42.3 Å². The largest absolute Gasteiger partial charge is 0.341 e. The smallest absolute Gasteiger partial charge is 0.240 e. The van der Waals surface area contributed by atoms with Crippen LogP contribution in [0.15, 0.2) is 53.4 Å². The van der Waals surface area contributed by atoms with E-state index in [-0.39, 0.29) is 10.8 Å². The normalized spacial score (nSPS) is 18.3. The number of carbonyl (C=O) groups excluding carboxylic acids is 1. The van der Waals surface area contributed by atoms with Crippen molar-refractivity contribution in [3.63, 3.8) is 0 Å². The van der Waals surface area contributed by atoms with Gasteiger partial charge < -0.3 is 10.2 Å². The van der Waals surface area contributed by atoms with Crippen LogP contribution in [0.3, 0.4) is 0 Å². The zero-order chi connectivity index (χ0) is 19.2. The van der Waals surface area contributed by atoms with Crippen LogP contribution in [0.2, 0.25) is 0 Å². The van der Waals surface area contributed by atoms with E-state index in [1.54, 1.807) is 0 Å². The van der Waals surface area contributed by atoms with Crippen molar-refractivity contribution in [2.75, 3.05) is 26.7 Å². The Labute approximate surface area is 163 Å². The molecular weight excluding hydrogens is 366 g/mol. The fourth-order valence-electron chi connectivity index (χ4n) is 3.47. The fraction of sp³-hybridized carbons (Fsp3) is 0.381. The van der Waals surface area contributed by atoms with Crippen LogP contribution in [0.1, 0.15) is 23.7 Å². The van der Waals surface area contributed by atoms with Gasteiger partial charge in [0, 0.05) is 18.0 Å². The molecule has 3 rings (SSSR count). The lowest BCUT2D eigenvalue weighted by atomic mass is 9.97. The van der Waals surface area contributed by atoms with Crippen molar-refractivity contribution in [1.82, 2.24) is 10.2 Å². The predicted molar refractivity (Wildman–Crippen MR) is 105 cm³/mol. The monoisotopic (exact) mass is 390 g/mol. The maximum Gasteiger partial charge on any atom is 0.240 e. The van der Waals surface area contributed by atoms with Gasteiger partial charge in [0.2, 0.25) is 5.91 Å². The zero-order valence-electron chi connectivity index (χ0n) is 15.3. The molecule has 0 aromatic heterocycles. The van der Waals surface area contributed by atoms with Gasteiger partial charge in [0.05, 0.1) is 0 Å². The second-order valence-electron chi connectivity index (χ2n) is 6.83. The number of hydrogen-bond acceptors (Lipinski definition) is 3. The summed E-state index contributed by atoms with van der Waals surface area (Å²) in [5.74, 6) is -0.650. The van der Waals surface area contributed by atoms with E-state index in [4.69, 9.17) is 0 Å². The Kier molecular flexibility index (Phi) is 6.85. The lowest BCUT2D eigenvalue weighted by Gasteiger charge is -2.35. The first kappa shape index (κ1) is 19.8. The maximum atomic E-state index is 14.2. The number of piperidine rings is 1. The fourth-order valence-corrected chi connectivity index (χ4v) is 4.63. The van der Waals surface area contributed by atoms with E-state index >= 15 is 0 Å². The Balaban J connectivity index is 1.86. The molecule has 1 aliphatic heterocycles. The Bertz CT molecular complexity index is 770. The van der Waals surface area contributed by atoms with E-state index in [0.29, 0.717) is 19.0 Å². The van der Waals surface area contributed by atoms with Gasteiger partial charge in [0.1, 0.15) is 16.9 Å². The molecular formula is C21H24F2N2OS. The van der Waals surface area contributed by atoms with Gasteiger partial charge in [0.15, 0.2) is 0 Å². The number of thioether (sulfide) groups is 1. The second-order valence-corrected chi connectivity index (χ2v) is 7.98. The standard InChI is InChI=1S/C21H24F2N2OS/c1-24-13-15-6-5-11-25(14-15)21(26)20(16-7-3-2-4-8-16)27-19-12-17(22)9-10-18(19)23/h2-4,7-10,12,15,20,24H,5-6,11,13-14H2,1H3. The number of amides is 1. The van der Waals surface area contributed by atoms with Crippen LogP contribution in [0.5, 0.6) is 0 Å². The van der Waals surface area contributed by atoms with Gasteiger partial charge in [-0.25, -0.2) is 8.78 Å². The first-order valence-corrected chi connectivity index (χ1v) is 10.1. The summed E-state index contributed by atoms with van der Waals surface area (Å²) in [5.41, 5.74) is 0.798. The predicted octanol–water partition coefficient (Wildman–Crippen LogP) is 4.26. The number of likely N-dealkylation sites (tertiary alicyclic amines) is 1. The minimum atomic E-state index is -0.601. The van der Waals surface area contributed by atoms with Crippen molar-refractivity contribution >= 4 is 17.7 Å². The molecule has 2 aromatic carbocycles. The van der Waals surface area contributed by atoms with Crippen molar-refractivity contribution in [1.29, 1.82) is 0 Å². The van der Waals surface area contributed by atoms with Crippen LogP contribution < -0.4 is 5.32 Å². The number of carbonyl (C=O) groups is 1. The summed E-state index contributed by atoms with van der Waals surface area (Å²) in [6.45, 7) is 2.26. The first-order valence-electron chi connectivity index (χ1n) is 9.18. The third-order valence-corrected chi connectivity index (χ3v) is 6.06.